The van der Waals surface area contributed by atoms with Crippen LogP contribution < -0.4 is 21.1 Å². The lowest BCUT2D eigenvalue weighted by Crippen LogP contribution is -2.31. The number of nitrogens with two attached hydrogens (primary N) is 1. The number of thiocarbonyl (C=S) groups is 1. The largest absolute Gasteiger partial charge is 0.492 e. The molecule has 110 valence electrons. The molecule has 0 aromatic heterocycles. The normalized spacial score (nSPS) is 9.95. The van der Waals surface area contributed by atoms with Crippen molar-refractivity contribution in [1.82, 2.24) is 5.32 Å². The van der Waals surface area contributed by atoms with Crippen molar-refractivity contribution in [2.45, 2.75) is 0 Å². The Kier molecular flexibility index (Phi) is 5.34. The Labute approximate surface area is 128 Å². The predicted octanol–water partition coefficient (Wildman–Crippen LogP) is 2.77. The summed E-state index contributed by atoms with van der Waals surface area (Å²) in [4.78, 5) is 0. The van der Waals surface area contributed by atoms with Crippen molar-refractivity contribution in [3.05, 3.63) is 54.3 Å². The van der Waals surface area contributed by atoms with Crippen molar-refractivity contribution in [3.8, 4) is 5.75 Å². The summed E-state index contributed by atoms with van der Waals surface area (Å²) in [6.45, 7) is 0.893. The second-order valence-electron chi connectivity index (χ2n) is 4.31. The fraction of sp³-hybridized carbons (Fsp3) is 0.133. The minimum Gasteiger partial charge on any atom is -0.492 e. The Bertz CT molecular complexity index is 604. The van der Waals surface area contributed by atoms with Crippen molar-refractivity contribution >= 4 is 28.7 Å². The van der Waals surface area contributed by atoms with Gasteiger partial charge in [0.25, 0.3) is 0 Å². The van der Waals surface area contributed by atoms with Gasteiger partial charge in [0.2, 0.25) is 0 Å². The van der Waals surface area contributed by atoms with Crippen LogP contribution >= 0.6 is 12.2 Å². The molecule has 2 rings (SSSR count). The average Bonchev–Trinajstić information content (AvgIpc) is 2.46. The van der Waals surface area contributed by atoms with Crippen molar-refractivity contribution in [2.24, 2.45) is 0 Å². The summed E-state index contributed by atoms with van der Waals surface area (Å²) >= 11 is 5.15. The van der Waals surface area contributed by atoms with Crippen molar-refractivity contribution < 1.29 is 9.13 Å². The molecule has 0 aliphatic rings. The van der Waals surface area contributed by atoms with E-state index in [0.29, 0.717) is 29.7 Å². The first-order valence-corrected chi connectivity index (χ1v) is 6.83. The summed E-state index contributed by atoms with van der Waals surface area (Å²) in [7, 11) is 0. The van der Waals surface area contributed by atoms with E-state index in [4.69, 9.17) is 22.7 Å². The number of hydrogen-bond donors (Lipinski definition) is 3. The molecule has 0 saturated carbocycles. The molecule has 0 spiro atoms. The minimum absolute atomic E-state index is 0.319. The molecule has 0 fully saturated rings. The molecule has 0 atom stereocenters. The Hall–Kier alpha value is -2.34. The Morgan fingerprint density at radius 1 is 1.19 bits per heavy atom. The third-order valence-electron chi connectivity index (χ3n) is 2.62. The number of nitrogen functional groups attached to an aromatic ring is 1. The van der Waals surface area contributed by atoms with Gasteiger partial charge in [-0.3, -0.25) is 0 Å². The van der Waals surface area contributed by atoms with Crippen LogP contribution in [-0.2, 0) is 0 Å². The molecule has 0 bridgehead atoms. The van der Waals surface area contributed by atoms with Gasteiger partial charge in [-0.1, -0.05) is 6.07 Å². The third kappa shape index (κ3) is 5.27. The second kappa shape index (κ2) is 7.44. The fourth-order valence-corrected chi connectivity index (χ4v) is 1.85. The van der Waals surface area contributed by atoms with Crippen LogP contribution in [0.5, 0.6) is 5.75 Å². The molecular formula is C15H16FN3OS. The van der Waals surface area contributed by atoms with Gasteiger partial charge in [0.1, 0.15) is 18.2 Å². The van der Waals surface area contributed by atoms with Gasteiger partial charge in [0, 0.05) is 17.4 Å². The van der Waals surface area contributed by atoms with Crippen LogP contribution in [0.3, 0.4) is 0 Å². The van der Waals surface area contributed by atoms with Gasteiger partial charge < -0.3 is 21.1 Å². The lowest BCUT2D eigenvalue weighted by Gasteiger charge is -2.11. The van der Waals surface area contributed by atoms with E-state index in [2.05, 4.69) is 10.6 Å². The van der Waals surface area contributed by atoms with Gasteiger partial charge in [-0.25, -0.2) is 4.39 Å². The zero-order valence-electron chi connectivity index (χ0n) is 11.3. The van der Waals surface area contributed by atoms with E-state index in [1.165, 1.54) is 12.1 Å². The second-order valence-corrected chi connectivity index (χ2v) is 4.72. The average molecular weight is 305 g/mol. The molecule has 2 aromatic carbocycles. The van der Waals surface area contributed by atoms with Crippen molar-refractivity contribution in [3.63, 3.8) is 0 Å². The monoisotopic (exact) mass is 305 g/mol. The van der Waals surface area contributed by atoms with E-state index in [1.807, 2.05) is 12.1 Å². The highest BCUT2D eigenvalue weighted by atomic mass is 32.1. The number of nitrogens with one attached hydrogen (secondary N) is 2. The summed E-state index contributed by atoms with van der Waals surface area (Å²) in [6, 6.07) is 13.3. The van der Waals surface area contributed by atoms with Crippen molar-refractivity contribution in [2.75, 3.05) is 24.2 Å². The Morgan fingerprint density at radius 3 is 2.67 bits per heavy atom. The Balaban J connectivity index is 1.68. The number of benzene rings is 2. The van der Waals surface area contributed by atoms with E-state index in [-0.39, 0.29) is 5.82 Å². The number of anilines is 2. The number of rotatable bonds is 5. The highest BCUT2D eigenvalue weighted by molar-refractivity contribution is 7.80. The summed E-state index contributed by atoms with van der Waals surface area (Å²) in [5, 5.41) is 6.52. The van der Waals surface area contributed by atoms with Gasteiger partial charge in [-0.2, -0.15) is 0 Å². The molecule has 0 heterocycles. The number of halogens is 1. The maximum atomic E-state index is 12.9. The summed E-state index contributed by atoms with van der Waals surface area (Å²) in [6.07, 6.45) is 0. The van der Waals surface area contributed by atoms with Gasteiger partial charge in [-0.05, 0) is 48.6 Å². The molecule has 21 heavy (non-hydrogen) atoms. The van der Waals surface area contributed by atoms with Gasteiger partial charge in [-0.15, -0.1) is 0 Å². The van der Waals surface area contributed by atoms with Crippen LogP contribution in [0.4, 0.5) is 15.8 Å². The molecule has 4 N–H and O–H groups in total. The van der Waals surface area contributed by atoms with Crippen LogP contribution in [0.15, 0.2) is 48.5 Å². The minimum atomic E-state index is -0.319. The van der Waals surface area contributed by atoms with Crippen LogP contribution in [-0.4, -0.2) is 18.3 Å². The number of hydrogen-bond acceptors (Lipinski definition) is 3. The first-order valence-electron chi connectivity index (χ1n) is 6.42. The van der Waals surface area contributed by atoms with Crippen LogP contribution in [0.1, 0.15) is 0 Å². The molecule has 0 aliphatic carbocycles. The standard InChI is InChI=1S/C15H16FN3OS/c16-11-2-1-3-14(10-11)20-9-8-18-15(21)19-13-6-4-12(17)5-7-13/h1-7,10H,8-9,17H2,(H2,18,19,21). The third-order valence-corrected chi connectivity index (χ3v) is 2.87. The summed E-state index contributed by atoms with van der Waals surface area (Å²) < 4.78 is 18.3. The highest BCUT2D eigenvalue weighted by Gasteiger charge is 1.98. The lowest BCUT2D eigenvalue weighted by molar-refractivity contribution is 0.321. The van der Waals surface area contributed by atoms with Gasteiger partial charge >= 0.3 is 0 Å². The molecule has 0 radical (unpaired) electrons. The topological polar surface area (TPSA) is 59.3 Å². The first kappa shape index (κ1) is 15.1. The Morgan fingerprint density at radius 2 is 1.95 bits per heavy atom. The predicted molar refractivity (Wildman–Crippen MR) is 87.0 cm³/mol. The van der Waals surface area contributed by atoms with Crippen LogP contribution in [0, 0.1) is 5.82 Å². The quantitative estimate of drug-likeness (QED) is 0.450. The maximum absolute atomic E-state index is 12.9. The van der Waals surface area contributed by atoms with Crippen LogP contribution in [0.2, 0.25) is 0 Å². The molecule has 0 saturated heterocycles. The summed E-state index contributed by atoms with van der Waals surface area (Å²) in [5.41, 5.74) is 7.15. The first-order chi connectivity index (χ1) is 10.1. The van der Waals surface area contributed by atoms with Gasteiger partial charge in [0.05, 0.1) is 6.54 Å². The smallest absolute Gasteiger partial charge is 0.170 e. The molecule has 6 heteroatoms. The molecule has 0 unspecified atom stereocenters. The SMILES string of the molecule is Nc1ccc(NC(=S)NCCOc2cccc(F)c2)cc1. The maximum Gasteiger partial charge on any atom is 0.170 e. The molecule has 4 nitrogen and oxygen atoms in total. The van der Waals surface area contributed by atoms with Crippen LogP contribution in [0.25, 0.3) is 0 Å². The lowest BCUT2D eigenvalue weighted by atomic mass is 10.3. The molecule has 2 aromatic rings. The van der Waals surface area contributed by atoms with E-state index in [0.717, 1.165) is 5.69 Å². The molecule has 0 amide bonds. The zero-order chi connectivity index (χ0) is 15.1. The number of ether oxygens (including phenoxy) is 1. The van der Waals surface area contributed by atoms with E-state index >= 15 is 0 Å². The molecule has 0 aliphatic heterocycles. The van der Waals surface area contributed by atoms with Crippen molar-refractivity contribution in [1.29, 1.82) is 0 Å². The van der Waals surface area contributed by atoms with E-state index in [9.17, 15) is 4.39 Å². The molecular weight excluding hydrogens is 289 g/mol. The zero-order valence-corrected chi connectivity index (χ0v) is 12.1. The van der Waals surface area contributed by atoms with Gasteiger partial charge in [0.15, 0.2) is 5.11 Å². The highest BCUT2D eigenvalue weighted by Crippen LogP contribution is 2.11. The van der Waals surface area contributed by atoms with E-state index < -0.39 is 0 Å². The fourth-order valence-electron chi connectivity index (χ4n) is 1.63. The summed E-state index contributed by atoms with van der Waals surface area (Å²) in [5.74, 6) is 0.176. The van der Waals surface area contributed by atoms with E-state index in [1.54, 1.807) is 24.3 Å².